The van der Waals surface area contributed by atoms with Crippen LogP contribution in [0, 0.1) is 6.92 Å². The van der Waals surface area contributed by atoms with Crippen molar-refractivity contribution in [3.63, 3.8) is 0 Å². The van der Waals surface area contributed by atoms with Gasteiger partial charge in [-0.25, -0.2) is 8.42 Å². The molecule has 0 unspecified atom stereocenters. The van der Waals surface area contributed by atoms with Crippen molar-refractivity contribution in [2.24, 2.45) is 0 Å². The Morgan fingerprint density at radius 3 is 2.20 bits per heavy atom. The van der Waals surface area contributed by atoms with E-state index in [4.69, 9.17) is 10.7 Å². The number of alkyl halides is 3. The Labute approximate surface area is 89.1 Å². The van der Waals surface area contributed by atoms with Crippen molar-refractivity contribution < 1.29 is 21.6 Å². The molecule has 0 bridgehead atoms. The molecule has 0 aliphatic heterocycles. The summed E-state index contributed by atoms with van der Waals surface area (Å²) in [6.45, 7) is 1.07. The molecule has 0 heterocycles. The van der Waals surface area contributed by atoms with Crippen molar-refractivity contribution in [1.29, 1.82) is 0 Å². The van der Waals surface area contributed by atoms with Crippen molar-refractivity contribution in [2.75, 3.05) is 0 Å². The molecule has 0 radical (unpaired) electrons. The Balaban J connectivity index is 3.51. The Bertz CT molecular complexity index is 479. The van der Waals surface area contributed by atoms with E-state index in [2.05, 4.69) is 0 Å². The van der Waals surface area contributed by atoms with Gasteiger partial charge in [-0.15, -0.1) is 0 Å². The fourth-order valence-corrected chi connectivity index (χ4v) is 2.40. The maximum absolute atomic E-state index is 12.4. The van der Waals surface area contributed by atoms with E-state index in [1.165, 1.54) is 0 Å². The zero-order valence-electron chi connectivity index (χ0n) is 7.47. The Hall–Kier alpha value is -0.750. The second kappa shape index (κ2) is 3.68. The van der Waals surface area contributed by atoms with E-state index in [-0.39, 0.29) is 5.56 Å². The lowest BCUT2D eigenvalue weighted by atomic mass is 10.1. The minimum absolute atomic E-state index is 0.389. The van der Waals surface area contributed by atoms with Gasteiger partial charge in [0, 0.05) is 10.7 Å². The Morgan fingerprint density at radius 1 is 1.27 bits per heavy atom. The molecule has 0 aliphatic rings. The van der Waals surface area contributed by atoms with Crippen LogP contribution < -0.4 is 0 Å². The van der Waals surface area contributed by atoms with E-state index in [1.54, 1.807) is 0 Å². The molecule has 0 atom stereocenters. The van der Waals surface area contributed by atoms with Crippen LogP contribution in [0.4, 0.5) is 13.2 Å². The molecule has 0 N–H and O–H groups in total. The fraction of sp³-hybridized carbons (Fsp3) is 0.250. The van der Waals surface area contributed by atoms with Crippen molar-refractivity contribution >= 4 is 19.7 Å². The third-order valence-corrected chi connectivity index (χ3v) is 3.32. The maximum atomic E-state index is 12.4. The summed E-state index contributed by atoms with van der Waals surface area (Å²) in [5.74, 6) is 0. The highest BCUT2D eigenvalue weighted by Crippen LogP contribution is 2.34. The van der Waals surface area contributed by atoms with Crippen LogP contribution in [0.5, 0.6) is 0 Å². The fourth-order valence-electron chi connectivity index (χ4n) is 1.19. The van der Waals surface area contributed by atoms with Gasteiger partial charge in [0.05, 0.1) is 10.5 Å². The SMILES string of the molecule is Cc1c(C(F)(F)F)cccc1S(=O)(=O)Cl. The third kappa shape index (κ3) is 2.63. The number of hydrogen-bond donors (Lipinski definition) is 0. The summed E-state index contributed by atoms with van der Waals surface area (Å²) in [6.07, 6.45) is -4.58. The normalized spacial score (nSPS) is 12.9. The van der Waals surface area contributed by atoms with Crippen LogP contribution in [-0.4, -0.2) is 8.42 Å². The lowest BCUT2D eigenvalue weighted by Gasteiger charge is -2.11. The van der Waals surface area contributed by atoms with Crippen LogP contribution in [-0.2, 0) is 15.2 Å². The molecule has 0 amide bonds. The lowest BCUT2D eigenvalue weighted by molar-refractivity contribution is -0.138. The molecule has 0 saturated carbocycles. The zero-order chi connectivity index (χ0) is 11.9. The predicted molar refractivity (Wildman–Crippen MR) is 49.2 cm³/mol. The second-order valence-corrected chi connectivity index (χ2v) is 5.40. The molecule has 0 fully saturated rings. The van der Waals surface area contributed by atoms with Gasteiger partial charge < -0.3 is 0 Å². The monoisotopic (exact) mass is 258 g/mol. The largest absolute Gasteiger partial charge is 0.416 e. The molecule has 84 valence electrons. The molecular formula is C8H6ClF3O2S. The summed E-state index contributed by atoms with van der Waals surface area (Å²) >= 11 is 0. The minimum Gasteiger partial charge on any atom is -0.207 e. The van der Waals surface area contributed by atoms with Gasteiger partial charge in [-0.3, -0.25) is 0 Å². The first kappa shape index (κ1) is 12.3. The highest BCUT2D eigenvalue weighted by molar-refractivity contribution is 8.13. The highest BCUT2D eigenvalue weighted by Gasteiger charge is 2.34. The highest BCUT2D eigenvalue weighted by atomic mass is 35.7. The maximum Gasteiger partial charge on any atom is 0.416 e. The summed E-state index contributed by atoms with van der Waals surface area (Å²) in [6, 6.07) is 2.85. The van der Waals surface area contributed by atoms with Crippen LogP contribution in [0.25, 0.3) is 0 Å². The topological polar surface area (TPSA) is 34.1 Å². The molecule has 1 rings (SSSR count). The number of rotatable bonds is 1. The van der Waals surface area contributed by atoms with Gasteiger partial charge in [0.25, 0.3) is 9.05 Å². The van der Waals surface area contributed by atoms with Crippen LogP contribution in [0.1, 0.15) is 11.1 Å². The summed E-state index contributed by atoms with van der Waals surface area (Å²) < 4.78 is 59.0. The molecule has 7 heteroatoms. The molecule has 0 aromatic heterocycles. The molecule has 0 saturated heterocycles. The van der Waals surface area contributed by atoms with Gasteiger partial charge >= 0.3 is 6.18 Å². The quantitative estimate of drug-likeness (QED) is 0.726. The van der Waals surface area contributed by atoms with E-state index in [1.807, 2.05) is 0 Å². The van der Waals surface area contributed by atoms with Gasteiger partial charge in [0.15, 0.2) is 0 Å². The van der Waals surface area contributed by atoms with E-state index in [9.17, 15) is 21.6 Å². The van der Waals surface area contributed by atoms with E-state index >= 15 is 0 Å². The minimum atomic E-state index is -4.58. The molecule has 15 heavy (non-hydrogen) atoms. The molecule has 0 aliphatic carbocycles. The van der Waals surface area contributed by atoms with Crippen LogP contribution in [0.3, 0.4) is 0 Å². The Kier molecular flexibility index (Phi) is 3.02. The van der Waals surface area contributed by atoms with Gasteiger partial charge in [-0.1, -0.05) is 6.07 Å². The summed E-state index contributed by atoms with van der Waals surface area (Å²) in [7, 11) is 0.847. The van der Waals surface area contributed by atoms with Gasteiger partial charge in [-0.05, 0) is 24.6 Å². The summed E-state index contributed by atoms with van der Waals surface area (Å²) in [4.78, 5) is -0.515. The first-order valence-electron chi connectivity index (χ1n) is 3.75. The number of halogens is 4. The van der Waals surface area contributed by atoms with Crippen molar-refractivity contribution in [3.8, 4) is 0 Å². The molecule has 2 nitrogen and oxygen atoms in total. The van der Waals surface area contributed by atoms with E-state index in [0.717, 1.165) is 25.1 Å². The average Bonchev–Trinajstić information content (AvgIpc) is 1.99. The van der Waals surface area contributed by atoms with E-state index < -0.39 is 25.7 Å². The molecule has 0 spiro atoms. The van der Waals surface area contributed by atoms with Crippen LogP contribution in [0.2, 0.25) is 0 Å². The van der Waals surface area contributed by atoms with E-state index in [0.29, 0.717) is 0 Å². The number of hydrogen-bond acceptors (Lipinski definition) is 2. The molecule has 1 aromatic rings. The Morgan fingerprint density at radius 2 is 1.80 bits per heavy atom. The molecular weight excluding hydrogens is 253 g/mol. The van der Waals surface area contributed by atoms with Gasteiger partial charge in [0.2, 0.25) is 0 Å². The first-order chi connectivity index (χ1) is 6.64. The van der Waals surface area contributed by atoms with Crippen molar-refractivity contribution in [1.82, 2.24) is 0 Å². The van der Waals surface area contributed by atoms with Crippen LogP contribution in [0.15, 0.2) is 23.1 Å². The number of benzene rings is 1. The average molecular weight is 259 g/mol. The standard InChI is InChI=1S/C8H6ClF3O2S/c1-5-6(8(10,11)12)3-2-4-7(5)15(9,13)14/h2-4H,1H3. The smallest absolute Gasteiger partial charge is 0.207 e. The predicted octanol–water partition coefficient (Wildman–Crippen LogP) is 2.94. The first-order valence-corrected chi connectivity index (χ1v) is 6.06. The van der Waals surface area contributed by atoms with Gasteiger partial charge in [-0.2, -0.15) is 13.2 Å². The van der Waals surface area contributed by atoms with Gasteiger partial charge in [0.1, 0.15) is 0 Å². The lowest BCUT2D eigenvalue weighted by Crippen LogP contribution is -2.09. The van der Waals surface area contributed by atoms with Crippen molar-refractivity contribution in [2.45, 2.75) is 18.0 Å². The van der Waals surface area contributed by atoms with Crippen LogP contribution >= 0.6 is 10.7 Å². The summed E-state index contributed by atoms with van der Waals surface area (Å²) in [5, 5.41) is 0. The molecule has 1 aromatic carbocycles. The zero-order valence-corrected chi connectivity index (χ0v) is 9.04. The second-order valence-electron chi connectivity index (χ2n) is 2.86. The summed E-state index contributed by atoms with van der Waals surface area (Å²) in [5.41, 5.74) is -1.38. The third-order valence-electron chi connectivity index (χ3n) is 1.85. The van der Waals surface area contributed by atoms with Crippen molar-refractivity contribution in [3.05, 3.63) is 29.3 Å².